The Bertz CT molecular complexity index is 391. The average Bonchev–Trinajstić information content (AvgIpc) is 2.70. The second-order valence-electron chi connectivity index (χ2n) is 6.12. The number of carbonyl (C=O) groups excluding carboxylic acids is 2. The number of halogens is 3. The summed E-state index contributed by atoms with van der Waals surface area (Å²) in [6.45, 7) is 3.75. The van der Waals surface area contributed by atoms with Gasteiger partial charge in [-0.05, 0) is 33.6 Å². The van der Waals surface area contributed by atoms with Gasteiger partial charge in [-0.2, -0.15) is 13.2 Å². The molecule has 2 atom stereocenters. The van der Waals surface area contributed by atoms with Crippen LogP contribution in [-0.4, -0.2) is 36.4 Å². The molecule has 1 saturated carbocycles. The van der Waals surface area contributed by atoms with E-state index < -0.39 is 42.3 Å². The Kier molecular flexibility index (Phi) is 5.47. The summed E-state index contributed by atoms with van der Waals surface area (Å²) < 4.78 is 41.4. The van der Waals surface area contributed by atoms with E-state index in [-0.39, 0.29) is 0 Å². The number of alkyl carbamates (subject to hydrolysis) is 1. The van der Waals surface area contributed by atoms with Crippen LogP contribution >= 0.6 is 0 Å². The molecule has 0 aromatic carbocycles. The predicted molar refractivity (Wildman–Crippen MR) is 69.6 cm³/mol. The maximum absolute atomic E-state index is 12.1. The Labute approximate surface area is 121 Å². The van der Waals surface area contributed by atoms with Gasteiger partial charge < -0.3 is 15.4 Å². The number of hydrogen-bond acceptors (Lipinski definition) is 3. The molecule has 5 nitrogen and oxygen atoms in total. The van der Waals surface area contributed by atoms with Gasteiger partial charge in [-0.3, -0.25) is 4.79 Å². The third kappa shape index (κ3) is 6.68. The van der Waals surface area contributed by atoms with E-state index in [0.29, 0.717) is 19.3 Å². The van der Waals surface area contributed by atoms with Gasteiger partial charge in [0, 0.05) is 6.04 Å². The topological polar surface area (TPSA) is 67.4 Å². The van der Waals surface area contributed by atoms with Crippen LogP contribution in [0.1, 0.15) is 40.0 Å². The highest BCUT2D eigenvalue weighted by Gasteiger charge is 2.36. The third-order valence-electron chi connectivity index (χ3n) is 3.02. The molecule has 1 aliphatic carbocycles. The molecule has 0 heterocycles. The fourth-order valence-corrected chi connectivity index (χ4v) is 2.22. The van der Waals surface area contributed by atoms with Crippen LogP contribution in [0.2, 0.25) is 0 Å². The van der Waals surface area contributed by atoms with E-state index in [1.807, 2.05) is 5.32 Å². The predicted octanol–water partition coefficient (Wildman–Crippen LogP) is 2.36. The highest BCUT2D eigenvalue weighted by Crippen LogP contribution is 2.26. The molecule has 21 heavy (non-hydrogen) atoms. The first kappa shape index (κ1) is 17.6. The highest BCUT2D eigenvalue weighted by atomic mass is 19.4. The largest absolute Gasteiger partial charge is 0.444 e. The van der Waals surface area contributed by atoms with E-state index in [1.54, 1.807) is 20.8 Å². The summed E-state index contributed by atoms with van der Waals surface area (Å²) in [5.41, 5.74) is -0.670. The zero-order valence-electron chi connectivity index (χ0n) is 12.3. The molecule has 0 radical (unpaired) electrons. The van der Waals surface area contributed by atoms with Crippen molar-refractivity contribution in [1.29, 1.82) is 0 Å². The smallest absolute Gasteiger partial charge is 0.407 e. The first-order chi connectivity index (χ1) is 9.48. The average molecular weight is 310 g/mol. The molecule has 0 aromatic rings. The summed E-state index contributed by atoms with van der Waals surface area (Å²) in [6, 6.07) is -0.493. The van der Waals surface area contributed by atoms with Crippen molar-refractivity contribution in [3.05, 3.63) is 0 Å². The van der Waals surface area contributed by atoms with Gasteiger partial charge in [0.2, 0.25) is 5.91 Å². The first-order valence-electron chi connectivity index (χ1n) is 6.82. The van der Waals surface area contributed by atoms with Gasteiger partial charge >= 0.3 is 12.3 Å². The van der Waals surface area contributed by atoms with Gasteiger partial charge in [-0.1, -0.05) is 6.42 Å². The normalized spacial score (nSPS) is 22.8. The minimum Gasteiger partial charge on any atom is -0.444 e. The third-order valence-corrected chi connectivity index (χ3v) is 3.02. The Hall–Kier alpha value is -1.47. The van der Waals surface area contributed by atoms with Gasteiger partial charge in [0.15, 0.2) is 0 Å². The monoisotopic (exact) mass is 310 g/mol. The Morgan fingerprint density at radius 1 is 1.19 bits per heavy atom. The molecule has 0 aromatic heterocycles. The molecular weight excluding hydrogens is 289 g/mol. The molecule has 1 rings (SSSR count). The van der Waals surface area contributed by atoms with Gasteiger partial charge in [0.05, 0.1) is 5.92 Å². The van der Waals surface area contributed by atoms with Crippen molar-refractivity contribution in [2.75, 3.05) is 6.54 Å². The summed E-state index contributed by atoms with van der Waals surface area (Å²) in [6.07, 6.45) is -3.44. The summed E-state index contributed by atoms with van der Waals surface area (Å²) in [7, 11) is 0. The van der Waals surface area contributed by atoms with Crippen LogP contribution < -0.4 is 10.6 Å². The van der Waals surface area contributed by atoms with Crippen molar-refractivity contribution >= 4 is 12.0 Å². The lowest BCUT2D eigenvalue weighted by molar-refractivity contribution is -0.141. The van der Waals surface area contributed by atoms with Crippen LogP contribution in [0.3, 0.4) is 0 Å². The molecular formula is C13H21F3N2O3. The van der Waals surface area contributed by atoms with Crippen molar-refractivity contribution in [2.45, 2.75) is 57.9 Å². The van der Waals surface area contributed by atoms with E-state index in [0.717, 1.165) is 0 Å². The summed E-state index contributed by atoms with van der Waals surface area (Å²) in [4.78, 5) is 23.4. The van der Waals surface area contributed by atoms with E-state index in [2.05, 4.69) is 5.32 Å². The number of amides is 2. The summed E-state index contributed by atoms with van der Waals surface area (Å²) >= 11 is 0. The maximum atomic E-state index is 12.1. The second kappa shape index (κ2) is 6.53. The first-order valence-corrected chi connectivity index (χ1v) is 6.82. The number of ether oxygens (including phenoxy) is 1. The zero-order valence-corrected chi connectivity index (χ0v) is 12.3. The molecule has 0 aliphatic heterocycles. The minimum atomic E-state index is -4.44. The lowest BCUT2D eigenvalue weighted by atomic mass is 10.0. The summed E-state index contributed by atoms with van der Waals surface area (Å²) in [5, 5.41) is 4.42. The Balaban J connectivity index is 2.51. The second-order valence-corrected chi connectivity index (χ2v) is 6.12. The lowest BCUT2D eigenvalue weighted by Crippen LogP contribution is -2.47. The molecule has 122 valence electrons. The van der Waals surface area contributed by atoms with Gasteiger partial charge in [-0.25, -0.2) is 4.79 Å². The lowest BCUT2D eigenvalue weighted by Gasteiger charge is -2.24. The van der Waals surface area contributed by atoms with Gasteiger partial charge in [0.25, 0.3) is 0 Å². The van der Waals surface area contributed by atoms with Crippen molar-refractivity contribution in [2.24, 2.45) is 5.92 Å². The van der Waals surface area contributed by atoms with E-state index in [4.69, 9.17) is 4.74 Å². The van der Waals surface area contributed by atoms with Crippen LogP contribution in [0, 0.1) is 5.92 Å². The van der Waals surface area contributed by atoms with Crippen LogP contribution in [0.15, 0.2) is 0 Å². The molecule has 2 N–H and O–H groups in total. The standard InChI is InChI=1S/C13H21F3N2O3/c1-12(2,3)21-11(20)18-9-6-4-5-8(9)10(19)17-7-13(14,15)16/h8-9H,4-7H2,1-3H3,(H,17,19)(H,18,20). The Morgan fingerprint density at radius 2 is 1.81 bits per heavy atom. The minimum absolute atomic E-state index is 0.449. The number of alkyl halides is 3. The molecule has 2 amide bonds. The fraction of sp³-hybridized carbons (Fsp3) is 0.846. The molecule has 0 bridgehead atoms. The van der Waals surface area contributed by atoms with Gasteiger partial charge in [0.1, 0.15) is 12.1 Å². The number of nitrogens with one attached hydrogen (secondary N) is 2. The van der Waals surface area contributed by atoms with Crippen molar-refractivity contribution < 1.29 is 27.5 Å². The Morgan fingerprint density at radius 3 is 2.33 bits per heavy atom. The van der Waals surface area contributed by atoms with Crippen molar-refractivity contribution in [1.82, 2.24) is 10.6 Å². The SMILES string of the molecule is CC(C)(C)OC(=O)NC1CCCC1C(=O)NCC(F)(F)F. The fourth-order valence-electron chi connectivity index (χ4n) is 2.22. The molecule has 1 aliphatic rings. The molecule has 1 fully saturated rings. The number of rotatable bonds is 3. The van der Waals surface area contributed by atoms with Crippen LogP contribution in [0.25, 0.3) is 0 Å². The van der Waals surface area contributed by atoms with Gasteiger partial charge in [-0.15, -0.1) is 0 Å². The molecule has 0 saturated heterocycles. The molecule has 2 unspecified atom stereocenters. The van der Waals surface area contributed by atoms with Crippen molar-refractivity contribution in [3.63, 3.8) is 0 Å². The number of hydrogen-bond donors (Lipinski definition) is 2. The highest BCUT2D eigenvalue weighted by molar-refractivity contribution is 5.80. The van der Waals surface area contributed by atoms with E-state index >= 15 is 0 Å². The van der Waals surface area contributed by atoms with Crippen LogP contribution in [0.4, 0.5) is 18.0 Å². The van der Waals surface area contributed by atoms with Crippen molar-refractivity contribution in [3.8, 4) is 0 Å². The van der Waals surface area contributed by atoms with Crippen LogP contribution in [-0.2, 0) is 9.53 Å². The molecule has 0 spiro atoms. The molecule has 8 heteroatoms. The van der Waals surface area contributed by atoms with E-state index in [9.17, 15) is 22.8 Å². The summed E-state index contributed by atoms with van der Waals surface area (Å²) in [5.74, 6) is -1.34. The number of carbonyl (C=O) groups is 2. The quantitative estimate of drug-likeness (QED) is 0.841. The zero-order chi connectivity index (χ0) is 16.3. The van der Waals surface area contributed by atoms with E-state index in [1.165, 1.54) is 0 Å². The maximum Gasteiger partial charge on any atom is 0.407 e. The van der Waals surface area contributed by atoms with Crippen LogP contribution in [0.5, 0.6) is 0 Å².